The molecule has 2 fully saturated rings. The van der Waals surface area contributed by atoms with Crippen LogP contribution in [0.1, 0.15) is 50.5 Å². The summed E-state index contributed by atoms with van der Waals surface area (Å²) in [5.41, 5.74) is 1.03. The molecule has 3 heteroatoms. The molecule has 0 N–H and O–H groups in total. The van der Waals surface area contributed by atoms with E-state index in [1.165, 1.54) is 19.3 Å². The lowest BCUT2D eigenvalue weighted by molar-refractivity contribution is -0.0137. The molecule has 1 aliphatic carbocycles. The number of benzene rings is 1. The normalized spacial score (nSPS) is 28.1. The summed E-state index contributed by atoms with van der Waals surface area (Å²) in [5.74, 6) is 1.23. The molecule has 0 unspecified atom stereocenters. The van der Waals surface area contributed by atoms with E-state index < -0.39 is 0 Å². The van der Waals surface area contributed by atoms with Crippen molar-refractivity contribution >= 4 is 6.09 Å². The minimum absolute atomic E-state index is 0.158. The molecule has 1 aromatic rings. The summed E-state index contributed by atoms with van der Waals surface area (Å²) in [6.07, 6.45) is 11.5. The Morgan fingerprint density at radius 2 is 1.85 bits per heavy atom. The molecule has 1 aromatic carbocycles. The highest BCUT2D eigenvalue weighted by Gasteiger charge is 2.44. The first-order chi connectivity index (χ1) is 12.7. The number of likely N-dealkylation sites (tertiary alicyclic amines) is 1. The molecule has 1 heterocycles. The average molecular weight is 354 g/mol. The zero-order valence-corrected chi connectivity index (χ0v) is 15.7. The van der Waals surface area contributed by atoms with E-state index >= 15 is 0 Å². The molecule has 0 aromatic heterocycles. The van der Waals surface area contributed by atoms with Crippen LogP contribution < -0.4 is 0 Å². The van der Waals surface area contributed by atoms with E-state index in [0.29, 0.717) is 24.5 Å². The molecule has 1 amide bonds. The Balaban J connectivity index is 1.73. The third-order valence-corrected chi connectivity index (χ3v) is 6.08. The van der Waals surface area contributed by atoms with Gasteiger partial charge in [0.1, 0.15) is 6.61 Å². The molecule has 140 valence electrons. The van der Waals surface area contributed by atoms with Gasteiger partial charge < -0.3 is 9.64 Å². The number of allylic oxidation sites excluding steroid dienone is 1. The van der Waals surface area contributed by atoms with E-state index in [-0.39, 0.29) is 12.1 Å². The van der Waals surface area contributed by atoms with Gasteiger partial charge in [0.25, 0.3) is 0 Å². The minimum atomic E-state index is -0.158. The smallest absolute Gasteiger partial charge is 0.410 e. The number of hydrogen-bond acceptors (Lipinski definition) is 2. The van der Waals surface area contributed by atoms with Crippen molar-refractivity contribution in [1.82, 2.24) is 4.90 Å². The maximum absolute atomic E-state index is 13.0. The molecule has 4 atom stereocenters. The second kappa shape index (κ2) is 9.07. The number of hydrogen-bond donors (Lipinski definition) is 0. The zero-order valence-electron chi connectivity index (χ0n) is 15.7. The largest absolute Gasteiger partial charge is 0.445 e. The number of rotatable bonds is 6. The topological polar surface area (TPSA) is 29.5 Å². The summed E-state index contributed by atoms with van der Waals surface area (Å²) in [4.78, 5) is 15.1. The Kier molecular flexibility index (Phi) is 6.54. The molecule has 26 heavy (non-hydrogen) atoms. The van der Waals surface area contributed by atoms with Crippen molar-refractivity contribution in [3.05, 3.63) is 61.2 Å². The molecule has 3 nitrogen and oxygen atoms in total. The highest BCUT2D eigenvalue weighted by Crippen LogP contribution is 2.43. The van der Waals surface area contributed by atoms with Crippen molar-refractivity contribution in [2.45, 2.75) is 63.6 Å². The molecular weight excluding hydrogens is 322 g/mol. The number of carbonyl (C=O) groups is 1. The quantitative estimate of drug-likeness (QED) is 0.612. The van der Waals surface area contributed by atoms with Crippen LogP contribution in [-0.4, -0.2) is 23.1 Å². The first-order valence-corrected chi connectivity index (χ1v) is 9.95. The summed E-state index contributed by atoms with van der Waals surface area (Å²) in [6, 6.07) is 10.4. The maximum Gasteiger partial charge on any atom is 0.410 e. The second-order valence-corrected chi connectivity index (χ2v) is 7.65. The van der Waals surface area contributed by atoms with Gasteiger partial charge in [-0.3, -0.25) is 0 Å². The van der Waals surface area contributed by atoms with Crippen molar-refractivity contribution < 1.29 is 9.53 Å². The Labute approximate surface area is 157 Å². The van der Waals surface area contributed by atoms with Crippen molar-refractivity contribution in [2.75, 3.05) is 0 Å². The van der Waals surface area contributed by atoms with Gasteiger partial charge in [-0.15, -0.1) is 13.2 Å². The summed E-state index contributed by atoms with van der Waals surface area (Å²) >= 11 is 0. The van der Waals surface area contributed by atoms with Gasteiger partial charge in [0, 0.05) is 12.1 Å². The van der Waals surface area contributed by atoms with Gasteiger partial charge in [-0.25, -0.2) is 4.79 Å². The minimum Gasteiger partial charge on any atom is -0.445 e. The third kappa shape index (κ3) is 4.20. The van der Waals surface area contributed by atoms with Crippen molar-refractivity contribution in [1.29, 1.82) is 0 Å². The fourth-order valence-electron chi connectivity index (χ4n) is 4.91. The fourth-order valence-corrected chi connectivity index (χ4v) is 4.91. The monoisotopic (exact) mass is 353 g/mol. The van der Waals surface area contributed by atoms with Gasteiger partial charge >= 0.3 is 6.09 Å². The number of nitrogens with zero attached hydrogens (tertiary/aromatic N) is 1. The van der Waals surface area contributed by atoms with Crippen LogP contribution in [-0.2, 0) is 11.3 Å². The standard InChI is InChI=1S/C23H31NO2/c1-3-9-19-13-8-14-22-21(19)16-15-20(10-4-2)24(22)23(25)26-17-18-11-6-5-7-12-18/h3-7,11-12,19-22H,1-2,8-10,13-17H2/t19-,20+,21-,22-/m0/s1. The number of ether oxygens (including phenoxy) is 1. The van der Waals surface area contributed by atoms with Crippen LogP contribution in [0.5, 0.6) is 0 Å². The van der Waals surface area contributed by atoms with Crippen molar-refractivity contribution in [3.63, 3.8) is 0 Å². The Morgan fingerprint density at radius 1 is 1.08 bits per heavy atom. The van der Waals surface area contributed by atoms with E-state index in [1.54, 1.807) is 0 Å². The van der Waals surface area contributed by atoms with Gasteiger partial charge in [0.05, 0.1) is 0 Å². The van der Waals surface area contributed by atoms with Crippen LogP contribution in [0.4, 0.5) is 4.79 Å². The van der Waals surface area contributed by atoms with Crippen molar-refractivity contribution in [3.8, 4) is 0 Å². The summed E-state index contributed by atoms with van der Waals surface area (Å²) in [7, 11) is 0. The lowest BCUT2D eigenvalue weighted by Gasteiger charge is -2.50. The van der Waals surface area contributed by atoms with Gasteiger partial charge in [0.2, 0.25) is 0 Å². The molecule has 0 spiro atoms. The zero-order chi connectivity index (χ0) is 18.4. The van der Waals surface area contributed by atoms with E-state index in [9.17, 15) is 4.79 Å². The van der Waals surface area contributed by atoms with Crippen LogP contribution in [0.2, 0.25) is 0 Å². The average Bonchev–Trinajstić information content (AvgIpc) is 2.67. The van der Waals surface area contributed by atoms with Gasteiger partial charge in [0.15, 0.2) is 0 Å². The number of fused-ring (bicyclic) bond motifs is 1. The highest BCUT2D eigenvalue weighted by molar-refractivity contribution is 5.69. The van der Waals surface area contributed by atoms with Gasteiger partial charge in [-0.2, -0.15) is 0 Å². The molecule has 1 saturated heterocycles. The predicted molar refractivity (Wildman–Crippen MR) is 106 cm³/mol. The summed E-state index contributed by atoms with van der Waals surface area (Å²) < 4.78 is 5.72. The predicted octanol–water partition coefficient (Wildman–Crippen LogP) is 5.72. The molecule has 1 aliphatic heterocycles. The fraction of sp³-hybridized carbons (Fsp3) is 0.522. The summed E-state index contributed by atoms with van der Waals surface area (Å²) in [5, 5.41) is 0. The van der Waals surface area contributed by atoms with E-state index in [2.05, 4.69) is 18.1 Å². The van der Waals surface area contributed by atoms with Gasteiger partial charge in [-0.05, 0) is 55.9 Å². The molecule has 1 saturated carbocycles. The van der Waals surface area contributed by atoms with Crippen LogP contribution >= 0.6 is 0 Å². The first kappa shape index (κ1) is 18.8. The Bertz CT molecular complexity index is 612. The lowest BCUT2D eigenvalue weighted by Crippen LogP contribution is -2.56. The van der Waals surface area contributed by atoms with E-state index in [1.807, 2.05) is 42.5 Å². The molecular formula is C23H31NO2. The lowest BCUT2D eigenvalue weighted by atomic mass is 9.68. The van der Waals surface area contributed by atoms with E-state index in [4.69, 9.17) is 4.74 Å². The summed E-state index contributed by atoms with van der Waals surface area (Å²) in [6.45, 7) is 8.17. The second-order valence-electron chi connectivity index (χ2n) is 7.65. The van der Waals surface area contributed by atoms with Crippen LogP contribution in [0.15, 0.2) is 55.6 Å². The SMILES string of the molecule is C=CC[C@H]1CCC[C@H]2[C@H]1CC[C@@H](CC=C)N2C(=O)OCc1ccccc1. The number of carbonyl (C=O) groups excluding carboxylic acids is 1. The van der Waals surface area contributed by atoms with Crippen LogP contribution in [0.3, 0.4) is 0 Å². The molecule has 0 radical (unpaired) electrons. The molecule has 3 rings (SSSR count). The number of amides is 1. The van der Waals surface area contributed by atoms with E-state index in [0.717, 1.165) is 31.2 Å². The molecule has 0 bridgehead atoms. The van der Waals surface area contributed by atoms with Crippen molar-refractivity contribution in [2.24, 2.45) is 11.8 Å². The van der Waals surface area contributed by atoms with Crippen LogP contribution in [0.25, 0.3) is 0 Å². The van der Waals surface area contributed by atoms with Crippen LogP contribution in [0, 0.1) is 11.8 Å². The van der Waals surface area contributed by atoms with Gasteiger partial charge in [-0.1, -0.05) is 48.9 Å². The third-order valence-electron chi connectivity index (χ3n) is 6.08. The Hall–Kier alpha value is -2.03. The molecule has 2 aliphatic rings. The number of piperidine rings is 1. The first-order valence-electron chi connectivity index (χ1n) is 9.95. The maximum atomic E-state index is 13.0. The Morgan fingerprint density at radius 3 is 2.58 bits per heavy atom. The highest BCUT2D eigenvalue weighted by atomic mass is 16.6.